The Morgan fingerprint density at radius 2 is 1.96 bits per heavy atom. The number of hydrogen-bond donors (Lipinski definition) is 1. The third-order valence-corrected chi connectivity index (χ3v) is 3.76. The van der Waals surface area contributed by atoms with Crippen molar-refractivity contribution >= 4 is 23.0 Å². The van der Waals surface area contributed by atoms with Crippen LogP contribution in [-0.4, -0.2) is 13.0 Å². The highest BCUT2D eigenvalue weighted by Crippen LogP contribution is 2.30. The number of benzene rings is 2. The van der Waals surface area contributed by atoms with E-state index >= 15 is 0 Å². The van der Waals surface area contributed by atoms with Crippen LogP contribution in [0.4, 0.5) is 0 Å². The maximum Gasteiger partial charge on any atom is 0.244 e. The van der Waals surface area contributed by atoms with E-state index < -0.39 is 0 Å². The molecule has 3 rings (SSSR count). The lowest BCUT2D eigenvalue weighted by molar-refractivity contribution is -0.117. The van der Waals surface area contributed by atoms with E-state index in [4.69, 9.17) is 9.15 Å². The summed E-state index contributed by atoms with van der Waals surface area (Å²) < 4.78 is 11.1. The Hall–Kier alpha value is -3.01. The Balaban J connectivity index is 1.71. The highest BCUT2D eigenvalue weighted by Gasteiger charge is 2.15. The fourth-order valence-corrected chi connectivity index (χ4v) is 2.50. The van der Waals surface area contributed by atoms with E-state index in [1.165, 1.54) is 6.08 Å². The molecule has 0 saturated carbocycles. The predicted molar refractivity (Wildman–Crippen MR) is 94.8 cm³/mol. The number of ether oxygens (including phenoxy) is 1. The number of furan rings is 1. The van der Waals surface area contributed by atoms with Crippen LogP contribution >= 0.6 is 0 Å². The Bertz CT molecular complexity index is 865. The fourth-order valence-electron chi connectivity index (χ4n) is 2.50. The standard InChI is InChI=1S/C20H19NO3/c1-14(21-19(22)12-11-15-7-4-3-5-8-15)18-13-16-9-6-10-17(23-2)20(16)24-18/h3-14H,1-2H3,(H,21,22)/b12-11+. The molecule has 0 spiro atoms. The quantitative estimate of drug-likeness (QED) is 0.712. The molecule has 0 aliphatic heterocycles. The van der Waals surface area contributed by atoms with Gasteiger partial charge in [-0.15, -0.1) is 0 Å². The Morgan fingerprint density at radius 3 is 2.71 bits per heavy atom. The lowest BCUT2D eigenvalue weighted by Gasteiger charge is -2.09. The van der Waals surface area contributed by atoms with Crippen molar-refractivity contribution in [2.45, 2.75) is 13.0 Å². The smallest absolute Gasteiger partial charge is 0.244 e. The van der Waals surface area contributed by atoms with Crippen LogP contribution in [0.3, 0.4) is 0 Å². The van der Waals surface area contributed by atoms with Crippen molar-refractivity contribution < 1.29 is 13.9 Å². The molecule has 0 aliphatic rings. The van der Waals surface area contributed by atoms with Gasteiger partial charge in [-0.1, -0.05) is 42.5 Å². The molecule has 0 aliphatic carbocycles. The van der Waals surface area contributed by atoms with Gasteiger partial charge in [0.05, 0.1) is 13.2 Å². The molecule has 122 valence electrons. The molecule has 0 radical (unpaired) electrons. The largest absolute Gasteiger partial charge is 0.493 e. The average Bonchev–Trinajstić information content (AvgIpc) is 3.05. The summed E-state index contributed by atoms with van der Waals surface area (Å²) in [5.41, 5.74) is 1.67. The molecule has 1 unspecified atom stereocenters. The van der Waals surface area contributed by atoms with E-state index in [0.29, 0.717) is 17.1 Å². The van der Waals surface area contributed by atoms with Crippen LogP contribution in [0.25, 0.3) is 17.0 Å². The zero-order valence-electron chi connectivity index (χ0n) is 13.7. The summed E-state index contributed by atoms with van der Waals surface area (Å²) in [5, 5.41) is 3.85. The molecule has 3 aromatic rings. The highest BCUT2D eigenvalue weighted by molar-refractivity contribution is 5.92. The number of amides is 1. The van der Waals surface area contributed by atoms with Gasteiger partial charge in [-0.25, -0.2) is 0 Å². The molecule has 1 amide bonds. The summed E-state index contributed by atoms with van der Waals surface area (Å²) >= 11 is 0. The molecule has 1 N–H and O–H groups in total. The predicted octanol–water partition coefficient (Wildman–Crippen LogP) is 4.33. The summed E-state index contributed by atoms with van der Waals surface area (Å²) in [5.74, 6) is 1.20. The summed E-state index contributed by atoms with van der Waals surface area (Å²) in [4.78, 5) is 12.1. The molecule has 1 atom stereocenters. The summed E-state index contributed by atoms with van der Waals surface area (Å²) in [6, 6.07) is 17.1. The number of para-hydroxylation sites is 1. The van der Waals surface area contributed by atoms with Gasteiger partial charge in [0.25, 0.3) is 0 Å². The van der Waals surface area contributed by atoms with Gasteiger partial charge >= 0.3 is 0 Å². The second-order valence-corrected chi connectivity index (χ2v) is 5.50. The molecule has 1 aromatic heterocycles. The number of carbonyl (C=O) groups excluding carboxylic acids is 1. The van der Waals surface area contributed by atoms with Crippen molar-refractivity contribution in [1.29, 1.82) is 0 Å². The Morgan fingerprint density at radius 1 is 1.17 bits per heavy atom. The highest BCUT2D eigenvalue weighted by atomic mass is 16.5. The van der Waals surface area contributed by atoms with Gasteiger partial charge in [-0.3, -0.25) is 4.79 Å². The van der Waals surface area contributed by atoms with Crippen LogP contribution in [0.5, 0.6) is 5.75 Å². The van der Waals surface area contributed by atoms with E-state index in [0.717, 1.165) is 10.9 Å². The van der Waals surface area contributed by atoms with Crippen LogP contribution in [0.2, 0.25) is 0 Å². The number of rotatable bonds is 5. The number of hydrogen-bond acceptors (Lipinski definition) is 3. The molecule has 4 heteroatoms. The second kappa shape index (κ2) is 7.04. The van der Waals surface area contributed by atoms with Crippen molar-refractivity contribution in [2.75, 3.05) is 7.11 Å². The van der Waals surface area contributed by atoms with Gasteiger partial charge in [0, 0.05) is 11.5 Å². The van der Waals surface area contributed by atoms with Crippen molar-refractivity contribution in [3.63, 3.8) is 0 Å². The van der Waals surface area contributed by atoms with Crippen molar-refractivity contribution in [3.05, 3.63) is 72.0 Å². The van der Waals surface area contributed by atoms with Gasteiger partial charge in [0.2, 0.25) is 5.91 Å². The van der Waals surface area contributed by atoms with Gasteiger partial charge < -0.3 is 14.5 Å². The van der Waals surface area contributed by atoms with Crippen molar-refractivity contribution in [2.24, 2.45) is 0 Å². The van der Waals surface area contributed by atoms with Crippen LogP contribution in [0.15, 0.2) is 65.1 Å². The SMILES string of the molecule is COc1cccc2cc(C(C)NC(=O)/C=C/c3ccccc3)oc12. The minimum Gasteiger partial charge on any atom is -0.493 e. The normalized spacial score (nSPS) is 12.4. The van der Waals surface area contributed by atoms with Gasteiger partial charge in [-0.2, -0.15) is 0 Å². The molecule has 0 fully saturated rings. The molecule has 2 aromatic carbocycles. The monoisotopic (exact) mass is 321 g/mol. The average molecular weight is 321 g/mol. The van der Waals surface area contributed by atoms with Gasteiger partial charge in [0.15, 0.2) is 11.3 Å². The van der Waals surface area contributed by atoms with E-state index in [-0.39, 0.29) is 11.9 Å². The van der Waals surface area contributed by atoms with Crippen LogP contribution in [0, 0.1) is 0 Å². The fraction of sp³-hybridized carbons (Fsp3) is 0.150. The van der Waals surface area contributed by atoms with Crippen LogP contribution < -0.4 is 10.1 Å². The first-order valence-corrected chi connectivity index (χ1v) is 7.77. The minimum absolute atomic E-state index is 0.168. The van der Waals surface area contributed by atoms with Gasteiger partial charge in [-0.05, 0) is 30.7 Å². The molecular formula is C20H19NO3. The summed E-state index contributed by atoms with van der Waals surface area (Å²) in [6.07, 6.45) is 3.30. The first-order valence-electron chi connectivity index (χ1n) is 7.77. The zero-order chi connectivity index (χ0) is 16.9. The first-order chi connectivity index (χ1) is 11.7. The van der Waals surface area contributed by atoms with E-state index in [1.807, 2.05) is 61.5 Å². The number of carbonyl (C=O) groups is 1. The Kier molecular flexibility index (Phi) is 4.66. The van der Waals surface area contributed by atoms with E-state index in [2.05, 4.69) is 5.32 Å². The molecule has 0 saturated heterocycles. The van der Waals surface area contributed by atoms with E-state index in [9.17, 15) is 4.79 Å². The van der Waals surface area contributed by atoms with E-state index in [1.54, 1.807) is 13.2 Å². The van der Waals surface area contributed by atoms with Crippen molar-refractivity contribution in [3.8, 4) is 5.75 Å². The molecule has 0 bridgehead atoms. The molecule has 1 heterocycles. The lowest BCUT2D eigenvalue weighted by Crippen LogP contribution is -2.24. The second-order valence-electron chi connectivity index (χ2n) is 5.50. The summed E-state index contributed by atoms with van der Waals surface area (Å²) in [7, 11) is 1.61. The number of fused-ring (bicyclic) bond motifs is 1. The minimum atomic E-state index is -0.241. The summed E-state index contributed by atoms with van der Waals surface area (Å²) in [6.45, 7) is 1.89. The maximum absolute atomic E-state index is 12.1. The number of nitrogens with one attached hydrogen (secondary N) is 1. The first kappa shape index (κ1) is 15.9. The third-order valence-electron chi connectivity index (χ3n) is 3.76. The van der Waals surface area contributed by atoms with Crippen LogP contribution in [0.1, 0.15) is 24.3 Å². The maximum atomic E-state index is 12.1. The molecule has 4 nitrogen and oxygen atoms in total. The number of methoxy groups -OCH3 is 1. The van der Waals surface area contributed by atoms with Crippen LogP contribution in [-0.2, 0) is 4.79 Å². The Labute approximate surface area is 140 Å². The topological polar surface area (TPSA) is 51.5 Å². The van der Waals surface area contributed by atoms with Gasteiger partial charge in [0.1, 0.15) is 5.76 Å². The molecular weight excluding hydrogens is 302 g/mol. The third kappa shape index (κ3) is 3.49. The van der Waals surface area contributed by atoms with Crippen molar-refractivity contribution in [1.82, 2.24) is 5.32 Å². The molecule has 24 heavy (non-hydrogen) atoms. The zero-order valence-corrected chi connectivity index (χ0v) is 13.7. The lowest BCUT2D eigenvalue weighted by atomic mass is 10.2.